The number of nitrogens with one attached hydrogen (secondary N) is 1. The number of nitro groups is 2. The van der Waals surface area contributed by atoms with E-state index in [2.05, 4.69) is 5.32 Å². The van der Waals surface area contributed by atoms with Gasteiger partial charge in [0.15, 0.2) is 0 Å². The van der Waals surface area contributed by atoms with Crippen LogP contribution in [0.1, 0.15) is 12.5 Å². The van der Waals surface area contributed by atoms with E-state index in [9.17, 15) is 29.8 Å². The Balaban J connectivity index is 1.72. The van der Waals surface area contributed by atoms with Crippen LogP contribution in [0.5, 0.6) is 0 Å². The second-order valence-corrected chi connectivity index (χ2v) is 8.05. The van der Waals surface area contributed by atoms with Crippen molar-refractivity contribution < 1.29 is 19.4 Å². The number of nitro benzene ring substituents is 2. The highest BCUT2D eigenvalue weighted by atomic mass is 32.2. The number of nitrogens with zero attached hydrogens (tertiary/aromatic N) is 3. The number of carbonyl (C=O) groups excluding carboxylic acids is 2. The molecule has 1 saturated heterocycles. The Morgan fingerprint density at radius 1 is 1.06 bits per heavy atom. The molecule has 0 spiro atoms. The maximum atomic E-state index is 12.8. The van der Waals surface area contributed by atoms with E-state index in [4.69, 9.17) is 12.2 Å². The van der Waals surface area contributed by atoms with Crippen molar-refractivity contribution in [1.29, 1.82) is 0 Å². The molecule has 12 heteroatoms. The molecule has 10 nitrogen and oxygen atoms in total. The molecule has 1 atom stereocenters. The van der Waals surface area contributed by atoms with Gasteiger partial charge in [-0.25, -0.2) is 0 Å². The van der Waals surface area contributed by atoms with Gasteiger partial charge in [0.05, 0.1) is 14.8 Å². The van der Waals surface area contributed by atoms with E-state index in [1.54, 1.807) is 6.08 Å². The van der Waals surface area contributed by atoms with Crippen LogP contribution < -0.4 is 5.32 Å². The van der Waals surface area contributed by atoms with Crippen molar-refractivity contribution in [2.75, 3.05) is 5.32 Å². The van der Waals surface area contributed by atoms with E-state index in [1.165, 1.54) is 60.4 Å². The molecule has 3 rings (SSSR count). The van der Waals surface area contributed by atoms with Gasteiger partial charge in [0, 0.05) is 30.0 Å². The van der Waals surface area contributed by atoms with Gasteiger partial charge in [0.1, 0.15) is 10.4 Å². The third-order valence-corrected chi connectivity index (χ3v) is 5.67. The monoisotopic (exact) mass is 458 g/mol. The first-order valence-corrected chi connectivity index (χ1v) is 9.96. The van der Waals surface area contributed by atoms with Crippen molar-refractivity contribution in [2.45, 2.75) is 13.0 Å². The summed E-state index contributed by atoms with van der Waals surface area (Å²) < 4.78 is 0.199. The Bertz CT molecular complexity index is 1120. The lowest BCUT2D eigenvalue weighted by atomic mass is 10.2. The van der Waals surface area contributed by atoms with Gasteiger partial charge in [-0.1, -0.05) is 24.0 Å². The zero-order valence-electron chi connectivity index (χ0n) is 15.9. The highest BCUT2D eigenvalue weighted by Gasteiger charge is 2.38. The molecule has 1 N–H and O–H groups in total. The van der Waals surface area contributed by atoms with E-state index in [0.29, 0.717) is 11.3 Å². The number of thioether (sulfide) groups is 1. The van der Waals surface area contributed by atoms with Crippen LogP contribution in [0.3, 0.4) is 0 Å². The minimum absolute atomic E-state index is 0.0683. The van der Waals surface area contributed by atoms with Crippen molar-refractivity contribution in [2.24, 2.45) is 0 Å². The van der Waals surface area contributed by atoms with Crippen molar-refractivity contribution >= 4 is 63.3 Å². The fourth-order valence-corrected chi connectivity index (χ4v) is 4.11. The quantitative estimate of drug-likeness (QED) is 0.299. The van der Waals surface area contributed by atoms with Gasteiger partial charge in [0.2, 0.25) is 5.91 Å². The average molecular weight is 458 g/mol. The molecule has 1 unspecified atom stereocenters. The Labute approximate surface area is 185 Å². The number of amides is 2. The predicted octanol–water partition coefficient (Wildman–Crippen LogP) is 3.73. The molecule has 31 heavy (non-hydrogen) atoms. The molecule has 0 radical (unpaired) electrons. The number of non-ortho nitro benzene ring substituents is 2. The minimum Gasteiger partial charge on any atom is -0.324 e. The topological polar surface area (TPSA) is 136 Å². The van der Waals surface area contributed by atoms with Gasteiger partial charge in [-0.05, 0) is 42.8 Å². The van der Waals surface area contributed by atoms with Crippen LogP contribution in [-0.4, -0.2) is 36.9 Å². The molecule has 2 amide bonds. The van der Waals surface area contributed by atoms with Gasteiger partial charge < -0.3 is 5.32 Å². The molecule has 1 heterocycles. The molecule has 158 valence electrons. The van der Waals surface area contributed by atoms with Crippen molar-refractivity contribution in [3.8, 4) is 0 Å². The Morgan fingerprint density at radius 2 is 1.58 bits per heavy atom. The highest BCUT2D eigenvalue weighted by molar-refractivity contribution is 8.26. The molecule has 0 bridgehead atoms. The molecule has 0 saturated carbocycles. The molecule has 1 fully saturated rings. The zero-order valence-corrected chi connectivity index (χ0v) is 17.5. The lowest BCUT2D eigenvalue weighted by Gasteiger charge is -2.22. The maximum absolute atomic E-state index is 12.8. The first-order valence-electron chi connectivity index (χ1n) is 8.74. The number of anilines is 1. The first kappa shape index (κ1) is 22.1. The highest BCUT2D eigenvalue weighted by Crippen LogP contribution is 2.34. The molecule has 0 aliphatic carbocycles. The molecule has 1 aliphatic heterocycles. The standard InChI is InChI=1S/C19H14N4O6S2/c1-11(17(24)20-13-4-8-15(9-5-13)23(28)29)21-18(25)16(31-19(21)30)10-12-2-6-14(7-3-12)22(26)27/h2-11H,1H3,(H,20,24)/b16-10-. The van der Waals surface area contributed by atoms with Gasteiger partial charge in [-0.2, -0.15) is 0 Å². The number of carbonyl (C=O) groups is 2. The van der Waals surface area contributed by atoms with E-state index in [-0.39, 0.29) is 20.6 Å². The summed E-state index contributed by atoms with van der Waals surface area (Å²) >= 11 is 6.28. The third-order valence-electron chi connectivity index (χ3n) is 4.34. The predicted molar refractivity (Wildman–Crippen MR) is 119 cm³/mol. The summed E-state index contributed by atoms with van der Waals surface area (Å²) in [6, 6.07) is 10.0. The number of rotatable bonds is 6. The Morgan fingerprint density at radius 3 is 2.10 bits per heavy atom. The first-order chi connectivity index (χ1) is 14.7. The number of hydrogen-bond acceptors (Lipinski definition) is 8. The van der Waals surface area contributed by atoms with Crippen LogP contribution in [-0.2, 0) is 9.59 Å². The average Bonchev–Trinajstić information content (AvgIpc) is 3.01. The largest absolute Gasteiger partial charge is 0.324 e. The second kappa shape index (κ2) is 9.02. The summed E-state index contributed by atoms with van der Waals surface area (Å²) in [7, 11) is 0. The smallest absolute Gasteiger partial charge is 0.269 e. The zero-order chi connectivity index (χ0) is 22.7. The number of thiocarbonyl (C=S) groups is 1. The summed E-state index contributed by atoms with van der Waals surface area (Å²) in [6.45, 7) is 1.51. The van der Waals surface area contributed by atoms with Crippen LogP contribution in [0.25, 0.3) is 6.08 Å². The maximum Gasteiger partial charge on any atom is 0.269 e. The van der Waals surface area contributed by atoms with Gasteiger partial charge >= 0.3 is 0 Å². The van der Waals surface area contributed by atoms with Gasteiger partial charge in [-0.15, -0.1) is 0 Å². The summed E-state index contributed by atoms with van der Waals surface area (Å²) in [4.78, 5) is 47.2. The molecule has 2 aromatic carbocycles. The summed E-state index contributed by atoms with van der Waals surface area (Å²) in [5.74, 6) is -0.971. The van der Waals surface area contributed by atoms with E-state index >= 15 is 0 Å². The molecular formula is C19H14N4O6S2. The van der Waals surface area contributed by atoms with Crippen LogP contribution >= 0.6 is 24.0 Å². The third kappa shape index (κ3) is 4.92. The van der Waals surface area contributed by atoms with Crippen LogP contribution in [0.15, 0.2) is 53.4 Å². The van der Waals surface area contributed by atoms with Crippen molar-refractivity contribution in [1.82, 2.24) is 4.90 Å². The Kier molecular flexibility index (Phi) is 6.42. The fraction of sp³-hybridized carbons (Fsp3) is 0.105. The fourth-order valence-electron chi connectivity index (χ4n) is 2.69. The van der Waals surface area contributed by atoms with Gasteiger partial charge in [-0.3, -0.25) is 34.7 Å². The second-order valence-electron chi connectivity index (χ2n) is 6.37. The van der Waals surface area contributed by atoms with Crippen molar-refractivity contribution in [3.05, 3.63) is 79.2 Å². The van der Waals surface area contributed by atoms with Gasteiger partial charge in [0.25, 0.3) is 17.3 Å². The normalized spacial score (nSPS) is 15.8. The van der Waals surface area contributed by atoms with Crippen LogP contribution in [0.2, 0.25) is 0 Å². The molecular weight excluding hydrogens is 444 g/mol. The van der Waals surface area contributed by atoms with Crippen LogP contribution in [0, 0.1) is 20.2 Å². The van der Waals surface area contributed by atoms with E-state index < -0.39 is 27.7 Å². The molecule has 0 aromatic heterocycles. The lowest BCUT2D eigenvalue weighted by molar-refractivity contribution is -0.385. The Hall–Kier alpha value is -3.64. The lowest BCUT2D eigenvalue weighted by Crippen LogP contribution is -2.44. The number of benzene rings is 2. The van der Waals surface area contributed by atoms with E-state index in [1.807, 2.05) is 0 Å². The minimum atomic E-state index is -0.926. The van der Waals surface area contributed by atoms with Crippen molar-refractivity contribution in [3.63, 3.8) is 0 Å². The molecule has 1 aliphatic rings. The van der Waals surface area contributed by atoms with E-state index in [0.717, 1.165) is 11.8 Å². The number of hydrogen-bond donors (Lipinski definition) is 1. The summed E-state index contributed by atoms with van der Waals surface area (Å²) in [5.41, 5.74) is 0.740. The SMILES string of the molecule is CC(C(=O)Nc1ccc([N+](=O)[O-])cc1)N1C(=O)/C(=C/c2ccc([N+](=O)[O-])cc2)SC1=S. The van der Waals surface area contributed by atoms with Crippen LogP contribution in [0.4, 0.5) is 17.1 Å². The molecule has 2 aromatic rings. The summed E-state index contributed by atoms with van der Waals surface area (Å²) in [6.07, 6.45) is 1.55. The summed E-state index contributed by atoms with van der Waals surface area (Å²) in [5, 5.41) is 24.1.